The van der Waals surface area contributed by atoms with Crippen molar-refractivity contribution in [2.45, 2.75) is 17.9 Å². The molecule has 33 heavy (non-hydrogen) atoms. The smallest absolute Gasteiger partial charge is 0.146 e. The molecular formula is C27H28O6. The number of fused-ring (bicyclic) bond motifs is 4. The van der Waals surface area contributed by atoms with Gasteiger partial charge in [0.05, 0.1) is 42.2 Å². The Morgan fingerprint density at radius 3 is 1.91 bits per heavy atom. The maximum Gasteiger partial charge on any atom is 0.146 e. The molecule has 0 radical (unpaired) electrons. The number of hydrogen-bond acceptors (Lipinski definition) is 6. The molecule has 2 atom stereocenters. The van der Waals surface area contributed by atoms with Crippen LogP contribution in [0, 0.1) is 0 Å². The monoisotopic (exact) mass is 448 g/mol. The number of benzene rings is 3. The molecule has 1 fully saturated rings. The summed E-state index contributed by atoms with van der Waals surface area (Å²) in [5.74, 6) is 3.85. The Balaban J connectivity index is 1.82. The van der Waals surface area contributed by atoms with Crippen LogP contribution in [-0.4, -0.2) is 42.2 Å². The fraction of sp³-hybridized carbons (Fsp3) is 0.333. The van der Waals surface area contributed by atoms with E-state index in [-0.39, 0.29) is 5.92 Å². The average Bonchev–Trinajstić information content (AvgIpc) is 3.68. The Morgan fingerprint density at radius 2 is 1.33 bits per heavy atom. The summed E-state index contributed by atoms with van der Waals surface area (Å²) in [5, 5.41) is 0. The molecule has 1 spiro atoms. The second kappa shape index (κ2) is 8.19. The lowest BCUT2D eigenvalue weighted by molar-refractivity contribution is 0.327. The zero-order chi connectivity index (χ0) is 23.2. The van der Waals surface area contributed by atoms with E-state index in [1.807, 2.05) is 24.3 Å². The second-order valence-corrected chi connectivity index (χ2v) is 8.30. The van der Waals surface area contributed by atoms with Gasteiger partial charge in [0.2, 0.25) is 0 Å². The minimum atomic E-state index is -0.620. The standard InChI is InChI=1S/C27H28O6/c1-28-18-8-6-16(7-9-18)21-11-17-10-19(29-2)14-24(32-5)26(17)27(15-33-27)22-12-20(30-3)13-23(31-4)25(21)22/h6-10,12-14,21H,11,15H2,1-5H3/t21-,27+/m0/s1. The van der Waals surface area contributed by atoms with Gasteiger partial charge < -0.3 is 28.4 Å². The molecule has 1 aliphatic heterocycles. The second-order valence-electron chi connectivity index (χ2n) is 8.30. The largest absolute Gasteiger partial charge is 0.497 e. The van der Waals surface area contributed by atoms with Gasteiger partial charge in [0.15, 0.2) is 0 Å². The maximum atomic E-state index is 6.25. The number of rotatable bonds is 6. The molecule has 172 valence electrons. The van der Waals surface area contributed by atoms with Crippen LogP contribution in [0.4, 0.5) is 0 Å². The number of hydrogen-bond donors (Lipinski definition) is 0. The quantitative estimate of drug-likeness (QED) is 0.510. The minimum Gasteiger partial charge on any atom is -0.497 e. The van der Waals surface area contributed by atoms with Crippen LogP contribution in [-0.2, 0) is 16.8 Å². The van der Waals surface area contributed by atoms with E-state index < -0.39 is 5.60 Å². The first-order chi connectivity index (χ1) is 16.1. The summed E-state index contributed by atoms with van der Waals surface area (Å²) in [6, 6.07) is 16.2. The van der Waals surface area contributed by atoms with E-state index in [2.05, 4.69) is 24.3 Å². The Bertz CT molecular complexity index is 1180. The Labute approximate surface area is 193 Å². The first-order valence-electron chi connectivity index (χ1n) is 10.9. The van der Waals surface area contributed by atoms with Gasteiger partial charge in [0.25, 0.3) is 0 Å². The van der Waals surface area contributed by atoms with Crippen molar-refractivity contribution in [2.75, 3.05) is 42.2 Å². The molecule has 3 aromatic carbocycles. The summed E-state index contributed by atoms with van der Waals surface area (Å²) < 4.78 is 34.6. The maximum absolute atomic E-state index is 6.25. The first-order valence-corrected chi connectivity index (χ1v) is 10.9. The van der Waals surface area contributed by atoms with Gasteiger partial charge in [-0.1, -0.05) is 12.1 Å². The van der Waals surface area contributed by atoms with E-state index in [4.69, 9.17) is 28.4 Å². The predicted octanol–water partition coefficient (Wildman–Crippen LogP) is 4.69. The van der Waals surface area contributed by atoms with Gasteiger partial charge in [-0.2, -0.15) is 0 Å². The highest BCUT2D eigenvalue weighted by Gasteiger charge is 2.55. The molecule has 5 rings (SSSR count). The average molecular weight is 449 g/mol. The third-order valence-electron chi connectivity index (χ3n) is 6.75. The predicted molar refractivity (Wildman–Crippen MR) is 124 cm³/mol. The summed E-state index contributed by atoms with van der Waals surface area (Å²) in [4.78, 5) is 0. The van der Waals surface area contributed by atoms with Gasteiger partial charge in [0, 0.05) is 34.7 Å². The van der Waals surface area contributed by atoms with Crippen LogP contribution in [0.2, 0.25) is 0 Å². The van der Waals surface area contributed by atoms with Crippen LogP contribution in [0.1, 0.15) is 33.7 Å². The van der Waals surface area contributed by atoms with Crippen LogP contribution in [0.5, 0.6) is 28.7 Å². The lowest BCUT2D eigenvalue weighted by atomic mass is 9.83. The highest BCUT2D eigenvalue weighted by Crippen LogP contribution is 2.58. The van der Waals surface area contributed by atoms with Crippen molar-refractivity contribution in [2.24, 2.45) is 0 Å². The molecule has 0 bridgehead atoms. The summed E-state index contributed by atoms with van der Waals surface area (Å²) >= 11 is 0. The van der Waals surface area contributed by atoms with Crippen LogP contribution in [0.25, 0.3) is 0 Å². The molecule has 6 nitrogen and oxygen atoms in total. The lowest BCUT2D eigenvalue weighted by Crippen LogP contribution is -2.16. The van der Waals surface area contributed by atoms with Gasteiger partial charge in [-0.25, -0.2) is 0 Å². The van der Waals surface area contributed by atoms with E-state index in [0.29, 0.717) is 6.61 Å². The van der Waals surface area contributed by atoms with Gasteiger partial charge in [-0.15, -0.1) is 0 Å². The fourth-order valence-corrected chi connectivity index (χ4v) is 5.07. The molecule has 6 heteroatoms. The third kappa shape index (κ3) is 3.37. The van der Waals surface area contributed by atoms with Crippen LogP contribution in [0.15, 0.2) is 48.5 Å². The summed E-state index contributed by atoms with van der Waals surface area (Å²) in [7, 11) is 8.39. The van der Waals surface area contributed by atoms with Gasteiger partial charge in [0.1, 0.15) is 34.3 Å². The molecule has 1 saturated heterocycles. The van der Waals surface area contributed by atoms with Crippen molar-refractivity contribution in [1.82, 2.24) is 0 Å². The van der Waals surface area contributed by atoms with Crippen molar-refractivity contribution in [1.29, 1.82) is 0 Å². The molecule has 3 aromatic rings. The van der Waals surface area contributed by atoms with Crippen molar-refractivity contribution in [3.8, 4) is 28.7 Å². The van der Waals surface area contributed by atoms with Crippen molar-refractivity contribution < 1.29 is 28.4 Å². The first kappa shape index (κ1) is 21.5. The van der Waals surface area contributed by atoms with E-state index in [1.54, 1.807) is 35.5 Å². The van der Waals surface area contributed by atoms with Gasteiger partial charge >= 0.3 is 0 Å². The molecule has 2 aliphatic rings. The van der Waals surface area contributed by atoms with Crippen LogP contribution < -0.4 is 23.7 Å². The highest BCUT2D eigenvalue weighted by atomic mass is 16.6. The topological polar surface area (TPSA) is 58.7 Å². The van der Waals surface area contributed by atoms with E-state index >= 15 is 0 Å². The van der Waals surface area contributed by atoms with Crippen LogP contribution in [0.3, 0.4) is 0 Å². The molecule has 0 N–H and O–H groups in total. The molecule has 0 unspecified atom stereocenters. The van der Waals surface area contributed by atoms with Gasteiger partial charge in [-0.05, 0) is 41.8 Å². The van der Waals surface area contributed by atoms with Crippen molar-refractivity contribution >= 4 is 0 Å². The fourth-order valence-electron chi connectivity index (χ4n) is 5.07. The number of epoxide rings is 1. The highest BCUT2D eigenvalue weighted by molar-refractivity contribution is 5.65. The molecule has 1 aliphatic carbocycles. The summed E-state index contributed by atoms with van der Waals surface area (Å²) in [5.41, 5.74) is 4.84. The number of methoxy groups -OCH3 is 5. The summed E-state index contributed by atoms with van der Waals surface area (Å²) in [6.07, 6.45) is 0.732. The Hall–Kier alpha value is -3.38. The minimum absolute atomic E-state index is 0.0194. The van der Waals surface area contributed by atoms with Crippen molar-refractivity contribution in [3.63, 3.8) is 0 Å². The molecule has 0 aromatic heterocycles. The number of ether oxygens (including phenoxy) is 6. The zero-order valence-electron chi connectivity index (χ0n) is 19.6. The molecule has 0 amide bonds. The summed E-state index contributed by atoms with van der Waals surface area (Å²) in [6.45, 7) is 0.557. The van der Waals surface area contributed by atoms with E-state index in [1.165, 1.54) is 0 Å². The van der Waals surface area contributed by atoms with Crippen LogP contribution >= 0.6 is 0 Å². The SMILES string of the molecule is COc1ccc([C@@H]2Cc3cc(OC)cc(OC)c3[C@@]3(CO3)c3cc(OC)cc(OC)c32)cc1. The normalized spacial score (nSPS) is 20.3. The Morgan fingerprint density at radius 1 is 0.727 bits per heavy atom. The Kier molecular flexibility index (Phi) is 5.33. The molecule has 1 heterocycles. The lowest BCUT2D eigenvalue weighted by Gasteiger charge is -2.24. The van der Waals surface area contributed by atoms with Gasteiger partial charge in [-0.3, -0.25) is 0 Å². The van der Waals surface area contributed by atoms with E-state index in [0.717, 1.165) is 63.0 Å². The van der Waals surface area contributed by atoms with Crippen molar-refractivity contribution in [3.05, 3.63) is 76.3 Å². The molecule has 0 saturated carbocycles. The third-order valence-corrected chi connectivity index (χ3v) is 6.75. The molecular weight excluding hydrogens is 420 g/mol. The van der Waals surface area contributed by atoms with E-state index in [9.17, 15) is 0 Å². The zero-order valence-corrected chi connectivity index (χ0v) is 19.6.